The van der Waals surface area contributed by atoms with Crippen molar-refractivity contribution in [2.45, 2.75) is 36.8 Å². The van der Waals surface area contributed by atoms with E-state index in [0.717, 1.165) is 24.2 Å². The maximum absolute atomic E-state index is 14.9. The summed E-state index contributed by atoms with van der Waals surface area (Å²) in [6, 6.07) is 17.2. The normalized spacial score (nSPS) is 31.8. The lowest BCUT2D eigenvalue weighted by molar-refractivity contribution is -0.156. The molecule has 5 aliphatic rings. The molecule has 1 unspecified atom stereocenters. The Morgan fingerprint density at radius 1 is 0.826 bits per heavy atom. The highest BCUT2D eigenvalue weighted by Gasteiger charge is 2.75. The molecule has 5 heterocycles. The molecule has 5 aliphatic heterocycles. The highest BCUT2D eigenvalue weighted by molar-refractivity contribution is 6.00. The monoisotopic (exact) mass is 626 g/mol. The maximum atomic E-state index is 14.9. The summed E-state index contributed by atoms with van der Waals surface area (Å²) >= 11 is 0. The molecule has 10 heteroatoms. The number of rotatable bonds is 8. The summed E-state index contributed by atoms with van der Waals surface area (Å²) in [7, 11) is 0. The fourth-order valence-electron chi connectivity index (χ4n) is 8.16. The number of hydrogen-bond acceptors (Lipinski definition) is 7. The van der Waals surface area contributed by atoms with E-state index in [-0.39, 0.29) is 24.3 Å². The van der Waals surface area contributed by atoms with Crippen LogP contribution in [0, 0.1) is 11.8 Å². The van der Waals surface area contributed by atoms with E-state index < -0.39 is 35.1 Å². The number of nitrogens with zero attached hydrogens (tertiary/aromatic N) is 4. The van der Waals surface area contributed by atoms with Crippen LogP contribution in [-0.4, -0.2) is 119 Å². The van der Waals surface area contributed by atoms with Gasteiger partial charge >= 0.3 is 0 Å². The largest absolute Gasteiger partial charge is 0.394 e. The van der Waals surface area contributed by atoms with E-state index in [1.165, 1.54) is 4.90 Å². The third-order valence-corrected chi connectivity index (χ3v) is 10.4. The fourth-order valence-corrected chi connectivity index (χ4v) is 8.16. The Bertz CT molecular complexity index is 1510. The van der Waals surface area contributed by atoms with Crippen LogP contribution in [0.25, 0.3) is 0 Å². The Labute approximate surface area is 269 Å². The SMILES string of the molecule is C[C@@]12C=CCN(Cc3ccccc3)C(=O)[C@@H]1[C@H]1C(=O)N([C@H](CO)c3ccccc3)C3C(=O)N(CCN4CCOCC4)CC=C[C@@]31O2. The van der Waals surface area contributed by atoms with Gasteiger partial charge in [-0.25, -0.2) is 0 Å². The van der Waals surface area contributed by atoms with Crippen molar-refractivity contribution in [3.8, 4) is 0 Å². The van der Waals surface area contributed by atoms with Gasteiger partial charge < -0.3 is 29.3 Å². The number of ether oxygens (including phenoxy) is 2. The molecule has 10 nitrogen and oxygen atoms in total. The third-order valence-electron chi connectivity index (χ3n) is 10.4. The van der Waals surface area contributed by atoms with Crippen molar-refractivity contribution in [3.63, 3.8) is 0 Å². The smallest absolute Gasteiger partial charge is 0.249 e. The molecule has 3 saturated heterocycles. The molecule has 0 radical (unpaired) electrons. The standard InChI is InChI=1S/C36H42N4O6/c1-35-14-8-17-39(24-26-10-4-2-5-11-26)32(42)29(35)30-33(43)40(28(25-41)27-12-6-3-7-13-27)31-34(44)38(16-9-15-36(30,31)46-35)19-18-37-20-22-45-23-21-37/h2-15,28-31,41H,16-25H2,1H3/t28-,29+,30+,31?,35-,36+/m1/s1. The van der Waals surface area contributed by atoms with Crippen LogP contribution in [0.1, 0.15) is 24.1 Å². The molecular weight excluding hydrogens is 584 g/mol. The number of carbonyl (C=O) groups excluding carboxylic acids is 3. The molecule has 3 fully saturated rings. The topological polar surface area (TPSA) is 103 Å². The number of fused-ring (bicyclic) bond motifs is 2. The molecular formula is C36H42N4O6. The van der Waals surface area contributed by atoms with Gasteiger partial charge in [0.1, 0.15) is 11.6 Å². The maximum Gasteiger partial charge on any atom is 0.249 e. The molecule has 2 aromatic carbocycles. The Morgan fingerprint density at radius 2 is 1.50 bits per heavy atom. The van der Waals surface area contributed by atoms with Crippen molar-refractivity contribution >= 4 is 17.7 Å². The Hall–Kier alpha value is -3.83. The third kappa shape index (κ3) is 5.17. The first-order chi connectivity index (χ1) is 22.4. The van der Waals surface area contributed by atoms with E-state index in [0.29, 0.717) is 45.9 Å². The summed E-state index contributed by atoms with van der Waals surface area (Å²) in [5, 5.41) is 10.8. The Balaban J connectivity index is 1.29. The van der Waals surface area contributed by atoms with E-state index in [2.05, 4.69) is 4.90 Å². The summed E-state index contributed by atoms with van der Waals surface area (Å²) in [4.78, 5) is 51.6. The van der Waals surface area contributed by atoms with E-state index in [4.69, 9.17) is 9.47 Å². The first-order valence-electron chi connectivity index (χ1n) is 16.3. The molecule has 242 valence electrons. The predicted molar refractivity (Wildman–Crippen MR) is 170 cm³/mol. The number of benzene rings is 2. The lowest BCUT2D eigenvalue weighted by Gasteiger charge is -2.40. The fraction of sp³-hybridized carbons (Fsp3) is 0.472. The van der Waals surface area contributed by atoms with Crippen LogP contribution in [0.4, 0.5) is 0 Å². The zero-order valence-electron chi connectivity index (χ0n) is 26.2. The van der Waals surface area contributed by atoms with Gasteiger partial charge in [0.2, 0.25) is 17.7 Å². The van der Waals surface area contributed by atoms with Gasteiger partial charge in [-0.05, 0) is 18.1 Å². The second kappa shape index (κ2) is 12.4. The van der Waals surface area contributed by atoms with Crippen molar-refractivity contribution in [2.24, 2.45) is 11.8 Å². The minimum atomic E-state index is -1.39. The molecule has 1 spiro atoms. The van der Waals surface area contributed by atoms with Gasteiger partial charge in [-0.3, -0.25) is 19.3 Å². The average Bonchev–Trinajstić information content (AvgIpc) is 3.35. The van der Waals surface area contributed by atoms with Gasteiger partial charge in [-0.15, -0.1) is 0 Å². The van der Waals surface area contributed by atoms with Crippen LogP contribution >= 0.6 is 0 Å². The summed E-state index contributed by atoms with van der Waals surface area (Å²) in [5.74, 6) is -2.57. The van der Waals surface area contributed by atoms with Crippen molar-refractivity contribution in [1.82, 2.24) is 19.6 Å². The van der Waals surface area contributed by atoms with Crippen LogP contribution in [0.2, 0.25) is 0 Å². The molecule has 0 bridgehead atoms. The molecule has 3 amide bonds. The van der Waals surface area contributed by atoms with Crippen LogP contribution in [0.3, 0.4) is 0 Å². The van der Waals surface area contributed by atoms with Crippen molar-refractivity contribution in [3.05, 3.63) is 96.1 Å². The van der Waals surface area contributed by atoms with Gasteiger partial charge in [0.25, 0.3) is 0 Å². The number of carbonyl (C=O) groups is 3. The minimum Gasteiger partial charge on any atom is -0.394 e. The molecule has 46 heavy (non-hydrogen) atoms. The van der Waals surface area contributed by atoms with Gasteiger partial charge in [0.05, 0.1) is 43.3 Å². The number of aliphatic hydroxyl groups excluding tert-OH is 1. The molecule has 6 atom stereocenters. The van der Waals surface area contributed by atoms with Crippen molar-refractivity contribution < 1.29 is 29.0 Å². The van der Waals surface area contributed by atoms with Gasteiger partial charge in [-0.1, -0.05) is 85.0 Å². The summed E-state index contributed by atoms with van der Waals surface area (Å²) in [6.45, 7) is 6.70. The quantitative estimate of drug-likeness (QED) is 0.448. The average molecular weight is 627 g/mol. The van der Waals surface area contributed by atoms with Crippen LogP contribution in [0.5, 0.6) is 0 Å². The van der Waals surface area contributed by atoms with Gasteiger partial charge in [0.15, 0.2) is 0 Å². The summed E-state index contributed by atoms with van der Waals surface area (Å²) < 4.78 is 12.5. The molecule has 0 saturated carbocycles. The highest BCUT2D eigenvalue weighted by Crippen LogP contribution is 2.58. The number of aliphatic hydroxyl groups is 1. The minimum absolute atomic E-state index is 0.179. The van der Waals surface area contributed by atoms with Crippen LogP contribution in [-0.2, 0) is 30.4 Å². The zero-order valence-corrected chi connectivity index (χ0v) is 26.2. The second-order valence-electron chi connectivity index (χ2n) is 13.1. The van der Waals surface area contributed by atoms with Gasteiger partial charge in [0, 0.05) is 45.8 Å². The van der Waals surface area contributed by atoms with E-state index in [1.54, 1.807) is 9.80 Å². The molecule has 1 N–H and O–H groups in total. The van der Waals surface area contributed by atoms with Crippen molar-refractivity contribution in [1.29, 1.82) is 0 Å². The summed E-state index contributed by atoms with van der Waals surface area (Å²) in [5.41, 5.74) is -0.792. The number of morpholine rings is 1. The van der Waals surface area contributed by atoms with Crippen molar-refractivity contribution in [2.75, 3.05) is 59.1 Å². The number of amides is 3. The van der Waals surface area contributed by atoms with Crippen LogP contribution < -0.4 is 0 Å². The number of likely N-dealkylation sites (tertiary alicyclic amines) is 1. The Kier molecular flexibility index (Phi) is 8.31. The van der Waals surface area contributed by atoms with Gasteiger partial charge in [-0.2, -0.15) is 0 Å². The molecule has 7 rings (SSSR count). The summed E-state index contributed by atoms with van der Waals surface area (Å²) in [6.07, 6.45) is 7.63. The lowest BCUT2D eigenvalue weighted by Crippen LogP contribution is -2.57. The predicted octanol–water partition coefficient (Wildman–Crippen LogP) is 2.02. The molecule has 0 aromatic heterocycles. The van der Waals surface area contributed by atoms with E-state index in [9.17, 15) is 19.5 Å². The van der Waals surface area contributed by atoms with Crippen LogP contribution in [0.15, 0.2) is 85.0 Å². The second-order valence-corrected chi connectivity index (χ2v) is 13.1. The van der Waals surface area contributed by atoms with E-state index >= 15 is 0 Å². The lowest BCUT2D eigenvalue weighted by atomic mass is 9.74. The number of hydrogen-bond donors (Lipinski definition) is 1. The first kappa shape index (κ1) is 30.8. The molecule has 0 aliphatic carbocycles. The Morgan fingerprint density at radius 3 is 2.22 bits per heavy atom. The zero-order chi connectivity index (χ0) is 31.9. The first-order valence-corrected chi connectivity index (χ1v) is 16.3. The highest BCUT2D eigenvalue weighted by atomic mass is 16.5. The molecule has 2 aromatic rings. The van der Waals surface area contributed by atoms with E-state index in [1.807, 2.05) is 91.9 Å².